The number of aromatic nitrogens is 2. The van der Waals surface area contributed by atoms with E-state index in [9.17, 15) is 5.11 Å². The molecule has 21 heavy (non-hydrogen) atoms. The predicted molar refractivity (Wildman–Crippen MR) is 83.1 cm³/mol. The number of aliphatic hydroxyl groups is 1. The number of rotatable bonds is 2. The molecule has 0 radical (unpaired) electrons. The van der Waals surface area contributed by atoms with Crippen molar-refractivity contribution < 1.29 is 5.11 Å². The average Bonchev–Trinajstić information content (AvgIpc) is 2.49. The topological polar surface area (TPSA) is 75.3 Å². The van der Waals surface area contributed by atoms with Crippen molar-refractivity contribution in [1.29, 1.82) is 0 Å². The number of hydrogen-bond donors (Lipinski definition) is 2. The minimum Gasteiger partial charge on any atom is -0.389 e. The molecular formula is C16H26N4O. The summed E-state index contributed by atoms with van der Waals surface area (Å²) < 4.78 is 0. The molecule has 0 aromatic carbocycles. The monoisotopic (exact) mass is 290 g/mol. The fraction of sp³-hybridized carbons (Fsp3) is 0.750. The minimum atomic E-state index is -0.454. The van der Waals surface area contributed by atoms with E-state index in [1.807, 2.05) is 6.92 Å². The van der Waals surface area contributed by atoms with Gasteiger partial charge in [0.2, 0.25) is 0 Å². The van der Waals surface area contributed by atoms with E-state index >= 15 is 0 Å². The Balaban J connectivity index is 1.87. The van der Waals surface area contributed by atoms with Crippen LogP contribution >= 0.6 is 0 Å². The summed E-state index contributed by atoms with van der Waals surface area (Å²) in [6.07, 6.45) is 5.28. The van der Waals surface area contributed by atoms with Gasteiger partial charge in [-0.25, -0.2) is 0 Å². The van der Waals surface area contributed by atoms with Crippen molar-refractivity contribution in [1.82, 2.24) is 10.2 Å². The van der Waals surface area contributed by atoms with Crippen molar-refractivity contribution in [2.45, 2.75) is 58.1 Å². The molecule has 1 aromatic rings. The highest BCUT2D eigenvalue weighted by Gasteiger charge is 2.43. The summed E-state index contributed by atoms with van der Waals surface area (Å²) in [4.78, 5) is 2.28. The lowest BCUT2D eigenvalue weighted by Gasteiger charge is -2.48. The molecule has 2 atom stereocenters. The zero-order valence-corrected chi connectivity index (χ0v) is 13.1. The maximum Gasteiger partial charge on any atom is 0.156 e. The summed E-state index contributed by atoms with van der Waals surface area (Å²) in [5.74, 6) is 1.28. The molecule has 1 aliphatic carbocycles. The van der Waals surface area contributed by atoms with Crippen LogP contribution in [0.15, 0.2) is 0 Å². The van der Waals surface area contributed by atoms with Crippen LogP contribution in [-0.2, 0) is 6.54 Å². The number of hydrogen-bond acceptors (Lipinski definition) is 5. The number of aryl methyl sites for hydroxylation is 1. The van der Waals surface area contributed by atoms with Crippen molar-refractivity contribution >= 4 is 5.82 Å². The van der Waals surface area contributed by atoms with E-state index in [1.54, 1.807) is 0 Å². The van der Waals surface area contributed by atoms with Crippen LogP contribution in [0.2, 0.25) is 0 Å². The second kappa shape index (κ2) is 5.54. The molecule has 3 N–H and O–H groups in total. The van der Waals surface area contributed by atoms with E-state index in [1.165, 1.54) is 6.42 Å². The van der Waals surface area contributed by atoms with Gasteiger partial charge in [0.05, 0.1) is 11.3 Å². The van der Waals surface area contributed by atoms with Gasteiger partial charge in [-0.1, -0.05) is 12.8 Å². The Bertz CT molecular complexity index is 533. The Kier molecular flexibility index (Phi) is 3.88. The Morgan fingerprint density at radius 1 is 1.29 bits per heavy atom. The normalized spacial score (nSPS) is 29.3. The van der Waals surface area contributed by atoms with Crippen LogP contribution in [0, 0.1) is 19.8 Å². The van der Waals surface area contributed by atoms with Crippen molar-refractivity contribution in [3.63, 3.8) is 0 Å². The Morgan fingerprint density at radius 2 is 2.10 bits per heavy atom. The molecule has 1 aromatic heterocycles. The lowest BCUT2D eigenvalue weighted by Crippen LogP contribution is -2.53. The number of nitrogens with two attached hydrogens (primary N) is 1. The van der Waals surface area contributed by atoms with E-state index in [0.717, 1.165) is 61.4 Å². The summed E-state index contributed by atoms with van der Waals surface area (Å²) in [5, 5.41) is 19.5. The molecule has 5 nitrogen and oxygen atoms in total. The Morgan fingerprint density at radius 3 is 2.86 bits per heavy atom. The first-order chi connectivity index (χ1) is 10.0. The number of nitrogens with zero attached hydrogens (tertiary/aromatic N) is 3. The number of fused-ring (bicyclic) bond motifs is 1. The summed E-state index contributed by atoms with van der Waals surface area (Å²) in [6.45, 7) is 6.25. The molecule has 3 rings (SSSR count). The van der Waals surface area contributed by atoms with E-state index < -0.39 is 5.60 Å². The average molecular weight is 290 g/mol. The number of anilines is 1. The lowest BCUT2D eigenvalue weighted by molar-refractivity contribution is -0.0614. The van der Waals surface area contributed by atoms with Crippen LogP contribution in [0.4, 0.5) is 5.82 Å². The SMILES string of the molecule is Cc1nnc(N2CCC3(O)CCCCC3C2)c(CN)c1C. The standard InChI is InChI=1S/C16H26N4O/c1-11-12(2)18-19-15(14(11)9-17)20-8-7-16(21)6-4-3-5-13(16)10-20/h13,21H,3-10,17H2,1-2H3. The first kappa shape index (κ1) is 14.7. The highest BCUT2D eigenvalue weighted by atomic mass is 16.3. The van der Waals surface area contributed by atoms with Gasteiger partial charge in [0, 0.05) is 31.1 Å². The second-order valence-corrected chi connectivity index (χ2v) is 6.66. The Labute approximate surface area is 126 Å². The molecule has 1 aliphatic heterocycles. The van der Waals surface area contributed by atoms with Gasteiger partial charge in [0.1, 0.15) is 0 Å². The molecule has 2 unspecified atom stereocenters. The third-order valence-corrected chi connectivity index (χ3v) is 5.49. The zero-order valence-electron chi connectivity index (χ0n) is 13.1. The molecule has 2 aliphatic rings. The second-order valence-electron chi connectivity index (χ2n) is 6.66. The fourth-order valence-electron chi connectivity index (χ4n) is 3.91. The fourth-order valence-corrected chi connectivity index (χ4v) is 3.91. The molecule has 0 spiro atoms. The lowest BCUT2D eigenvalue weighted by atomic mass is 9.71. The van der Waals surface area contributed by atoms with Crippen LogP contribution in [0.25, 0.3) is 0 Å². The largest absolute Gasteiger partial charge is 0.389 e. The molecule has 1 saturated heterocycles. The minimum absolute atomic E-state index is 0.356. The zero-order chi connectivity index (χ0) is 15.0. The molecule has 2 heterocycles. The van der Waals surface area contributed by atoms with Gasteiger partial charge in [0.25, 0.3) is 0 Å². The van der Waals surface area contributed by atoms with Gasteiger partial charge in [-0.3, -0.25) is 0 Å². The van der Waals surface area contributed by atoms with Crippen LogP contribution in [0.1, 0.15) is 48.9 Å². The maximum absolute atomic E-state index is 10.8. The third kappa shape index (κ3) is 2.53. The van der Waals surface area contributed by atoms with Crippen molar-refractivity contribution in [3.05, 3.63) is 16.8 Å². The van der Waals surface area contributed by atoms with Crippen LogP contribution < -0.4 is 10.6 Å². The van der Waals surface area contributed by atoms with Gasteiger partial charge in [-0.2, -0.15) is 5.10 Å². The van der Waals surface area contributed by atoms with Crippen molar-refractivity contribution in [2.75, 3.05) is 18.0 Å². The highest BCUT2D eigenvalue weighted by molar-refractivity contribution is 5.51. The number of piperidine rings is 1. The quantitative estimate of drug-likeness (QED) is 0.867. The molecule has 2 fully saturated rings. The van der Waals surface area contributed by atoms with Gasteiger partial charge in [-0.05, 0) is 38.7 Å². The molecule has 1 saturated carbocycles. The molecule has 0 amide bonds. The molecule has 0 bridgehead atoms. The van der Waals surface area contributed by atoms with Crippen LogP contribution in [0.5, 0.6) is 0 Å². The Hall–Kier alpha value is -1.20. The first-order valence-corrected chi connectivity index (χ1v) is 8.05. The van der Waals surface area contributed by atoms with Crippen molar-refractivity contribution in [3.8, 4) is 0 Å². The smallest absolute Gasteiger partial charge is 0.156 e. The van der Waals surface area contributed by atoms with E-state index in [0.29, 0.717) is 12.5 Å². The van der Waals surface area contributed by atoms with E-state index in [-0.39, 0.29) is 0 Å². The van der Waals surface area contributed by atoms with Crippen LogP contribution in [0.3, 0.4) is 0 Å². The summed E-state index contributed by atoms with van der Waals surface area (Å²) in [7, 11) is 0. The highest BCUT2D eigenvalue weighted by Crippen LogP contribution is 2.41. The summed E-state index contributed by atoms with van der Waals surface area (Å²) >= 11 is 0. The van der Waals surface area contributed by atoms with Gasteiger partial charge in [-0.15, -0.1) is 5.10 Å². The van der Waals surface area contributed by atoms with E-state index in [2.05, 4.69) is 22.0 Å². The summed E-state index contributed by atoms with van der Waals surface area (Å²) in [5.41, 5.74) is 8.68. The molecule has 5 heteroatoms. The van der Waals surface area contributed by atoms with Crippen LogP contribution in [-0.4, -0.2) is 34.0 Å². The first-order valence-electron chi connectivity index (χ1n) is 8.05. The van der Waals surface area contributed by atoms with Gasteiger partial charge in [0.15, 0.2) is 5.82 Å². The predicted octanol–water partition coefficient (Wildman–Crippen LogP) is 1.68. The van der Waals surface area contributed by atoms with Gasteiger partial charge < -0.3 is 15.7 Å². The van der Waals surface area contributed by atoms with Crippen molar-refractivity contribution in [2.24, 2.45) is 11.7 Å². The van der Waals surface area contributed by atoms with E-state index in [4.69, 9.17) is 5.73 Å². The summed E-state index contributed by atoms with van der Waals surface area (Å²) in [6, 6.07) is 0. The maximum atomic E-state index is 10.8. The third-order valence-electron chi connectivity index (χ3n) is 5.49. The molecular weight excluding hydrogens is 264 g/mol. The molecule has 116 valence electrons. The van der Waals surface area contributed by atoms with Gasteiger partial charge >= 0.3 is 0 Å².